The van der Waals surface area contributed by atoms with Gasteiger partial charge >= 0.3 is 0 Å². The van der Waals surface area contributed by atoms with E-state index in [1.807, 2.05) is 0 Å². The highest BCUT2D eigenvalue weighted by Gasteiger charge is 2.08. The van der Waals surface area contributed by atoms with Crippen LogP contribution in [0.15, 0.2) is 0 Å². The van der Waals surface area contributed by atoms with E-state index in [9.17, 15) is 0 Å². The lowest BCUT2D eigenvalue weighted by Gasteiger charge is -1.94. The molecule has 13 heavy (non-hydrogen) atoms. The second-order valence-corrected chi connectivity index (χ2v) is 3.79. The van der Waals surface area contributed by atoms with Crippen LogP contribution < -0.4 is 0 Å². The van der Waals surface area contributed by atoms with E-state index < -0.39 is 0 Å². The van der Waals surface area contributed by atoms with Crippen LogP contribution in [-0.4, -0.2) is 25.9 Å². The first-order chi connectivity index (χ1) is 5.79. The summed E-state index contributed by atoms with van der Waals surface area (Å²) in [6.07, 6.45) is 4.34. The van der Waals surface area contributed by atoms with Gasteiger partial charge in [0.2, 0.25) is 0 Å². The Morgan fingerprint density at radius 2 is 1.85 bits per heavy atom. The van der Waals surface area contributed by atoms with Gasteiger partial charge in [-0.3, -0.25) is 0 Å². The van der Waals surface area contributed by atoms with Crippen LogP contribution in [0.5, 0.6) is 0 Å². The van der Waals surface area contributed by atoms with E-state index in [0.717, 1.165) is 25.7 Å². The molecule has 0 aromatic carbocycles. The minimum absolute atomic E-state index is 0. The predicted octanol–water partition coefficient (Wildman–Crippen LogP) is 2.86. The van der Waals surface area contributed by atoms with E-state index in [-0.39, 0.29) is 7.43 Å². The lowest BCUT2D eigenvalue weighted by atomic mass is 10.2. The Kier molecular flexibility index (Phi) is 7.29. The van der Waals surface area contributed by atoms with Crippen LogP contribution in [0.25, 0.3) is 0 Å². The van der Waals surface area contributed by atoms with Gasteiger partial charge in [0.05, 0.1) is 6.10 Å². The highest BCUT2D eigenvalue weighted by molar-refractivity contribution is 4.56. The van der Waals surface area contributed by atoms with E-state index >= 15 is 0 Å². The molecule has 0 amide bonds. The molecule has 2 unspecified atom stereocenters. The van der Waals surface area contributed by atoms with E-state index in [4.69, 9.17) is 9.47 Å². The first kappa shape index (κ1) is 12.9. The summed E-state index contributed by atoms with van der Waals surface area (Å²) < 4.78 is 10.2. The molecule has 0 N–H and O–H groups in total. The minimum Gasteiger partial charge on any atom is -0.381 e. The van der Waals surface area contributed by atoms with Crippen molar-refractivity contribution in [3.63, 3.8) is 0 Å². The molecule has 0 spiro atoms. The van der Waals surface area contributed by atoms with Crippen molar-refractivity contribution in [2.75, 3.05) is 19.8 Å². The maximum Gasteiger partial charge on any atom is 0.0547 e. The fourth-order valence-electron chi connectivity index (χ4n) is 1.39. The molecule has 0 saturated carbocycles. The molecule has 0 aromatic heterocycles. The number of hydrogen-bond donors (Lipinski definition) is 0. The number of rotatable bonds is 0. The van der Waals surface area contributed by atoms with E-state index in [1.165, 1.54) is 19.3 Å². The SMILES string of the molecule is C.CC1CCCO1.CC1CCOC1. The molecule has 2 fully saturated rings. The molecule has 2 rings (SSSR count). The molecule has 0 bridgehead atoms. The fraction of sp³-hybridized carbons (Fsp3) is 1.00. The highest BCUT2D eigenvalue weighted by Crippen LogP contribution is 2.09. The quantitative estimate of drug-likeness (QED) is 0.582. The standard InChI is InChI=1S/2C5H10O.CH4/c1-5-2-3-6-4-5;1-5-3-2-4-6-5;/h2*5H,2-4H2,1H3;1H4. The van der Waals surface area contributed by atoms with E-state index in [2.05, 4.69) is 13.8 Å². The zero-order chi connectivity index (χ0) is 8.81. The number of ether oxygens (including phenoxy) is 2. The third kappa shape index (κ3) is 6.05. The summed E-state index contributed by atoms with van der Waals surface area (Å²) in [6, 6.07) is 0. The zero-order valence-corrected chi connectivity index (χ0v) is 8.21. The van der Waals surface area contributed by atoms with Crippen LogP contribution in [0.3, 0.4) is 0 Å². The third-order valence-corrected chi connectivity index (χ3v) is 2.31. The molecule has 2 saturated heterocycles. The largest absolute Gasteiger partial charge is 0.381 e. The van der Waals surface area contributed by atoms with Gasteiger partial charge in [-0.05, 0) is 32.1 Å². The summed E-state index contributed by atoms with van der Waals surface area (Å²) in [5, 5.41) is 0. The van der Waals surface area contributed by atoms with E-state index in [1.54, 1.807) is 0 Å². The number of hydrogen-bond acceptors (Lipinski definition) is 2. The summed E-state index contributed by atoms with van der Waals surface area (Å²) >= 11 is 0. The Labute approximate surface area is 82.6 Å². The smallest absolute Gasteiger partial charge is 0.0547 e. The van der Waals surface area contributed by atoms with Crippen molar-refractivity contribution >= 4 is 0 Å². The lowest BCUT2D eigenvalue weighted by Crippen LogP contribution is -1.94. The Morgan fingerprint density at radius 1 is 1.08 bits per heavy atom. The molecular formula is C11H24O2. The molecule has 2 heterocycles. The Bertz CT molecular complexity index is 88.7. The maximum absolute atomic E-state index is 5.15. The minimum atomic E-state index is 0. The van der Waals surface area contributed by atoms with Gasteiger partial charge in [-0.1, -0.05) is 14.4 Å². The second-order valence-electron chi connectivity index (χ2n) is 3.79. The van der Waals surface area contributed by atoms with Crippen molar-refractivity contribution in [1.82, 2.24) is 0 Å². The summed E-state index contributed by atoms with van der Waals surface area (Å²) in [4.78, 5) is 0. The van der Waals surface area contributed by atoms with Crippen LogP contribution >= 0.6 is 0 Å². The van der Waals surface area contributed by atoms with Crippen LogP contribution in [0, 0.1) is 5.92 Å². The Morgan fingerprint density at radius 3 is 2.00 bits per heavy atom. The monoisotopic (exact) mass is 188 g/mol. The van der Waals surface area contributed by atoms with Crippen molar-refractivity contribution in [2.45, 2.75) is 46.6 Å². The second kappa shape index (κ2) is 7.34. The molecule has 2 nitrogen and oxygen atoms in total. The molecule has 0 aromatic rings. The van der Waals surface area contributed by atoms with Crippen LogP contribution in [0.4, 0.5) is 0 Å². The summed E-state index contributed by atoms with van der Waals surface area (Å²) in [5.74, 6) is 0.824. The molecule has 0 radical (unpaired) electrons. The van der Waals surface area contributed by atoms with Gasteiger partial charge in [-0.15, -0.1) is 0 Å². The fourth-order valence-corrected chi connectivity index (χ4v) is 1.39. The van der Waals surface area contributed by atoms with Gasteiger partial charge in [0.1, 0.15) is 0 Å². The van der Waals surface area contributed by atoms with Crippen molar-refractivity contribution in [3.8, 4) is 0 Å². The van der Waals surface area contributed by atoms with Gasteiger partial charge in [0.25, 0.3) is 0 Å². The van der Waals surface area contributed by atoms with Gasteiger partial charge in [0.15, 0.2) is 0 Å². The van der Waals surface area contributed by atoms with Gasteiger partial charge in [-0.2, -0.15) is 0 Å². The molecule has 2 aliphatic rings. The maximum atomic E-state index is 5.15. The normalized spacial score (nSPS) is 31.8. The predicted molar refractivity (Wildman–Crippen MR) is 56.0 cm³/mol. The van der Waals surface area contributed by atoms with Crippen LogP contribution in [-0.2, 0) is 9.47 Å². The van der Waals surface area contributed by atoms with Crippen molar-refractivity contribution in [3.05, 3.63) is 0 Å². The molecule has 2 aliphatic heterocycles. The van der Waals surface area contributed by atoms with E-state index in [0.29, 0.717) is 6.10 Å². The van der Waals surface area contributed by atoms with Crippen molar-refractivity contribution in [2.24, 2.45) is 5.92 Å². The van der Waals surface area contributed by atoms with Crippen molar-refractivity contribution < 1.29 is 9.47 Å². The Balaban J connectivity index is 0.000000206. The topological polar surface area (TPSA) is 18.5 Å². The first-order valence-electron chi connectivity index (χ1n) is 4.98. The summed E-state index contributed by atoms with van der Waals surface area (Å²) in [7, 11) is 0. The average Bonchev–Trinajstić information content (AvgIpc) is 2.63. The first-order valence-corrected chi connectivity index (χ1v) is 4.98. The highest BCUT2D eigenvalue weighted by atomic mass is 16.5. The Hall–Kier alpha value is -0.0800. The average molecular weight is 188 g/mol. The molecular weight excluding hydrogens is 164 g/mol. The van der Waals surface area contributed by atoms with Crippen LogP contribution in [0.1, 0.15) is 40.5 Å². The summed E-state index contributed by atoms with van der Waals surface area (Å²) in [5.41, 5.74) is 0. The molecule has 2 heteroatoms. The van der Waals surface area contributed by atoms with Gasteiger partial charge in [-0.25, -0.2) is 0 Å². The zero-order valence-electron chi connectivity index (χ0n) is 8.21. The molecule has 0 aliphatic carbocycles. The molecule has 80 valence electrons. The van der Waals surface area contributed by atoms with Gasteiger partial charge < -0.3 is 9.47 Å². The van der Waals surface area contributed by atoms with Gasteiger partial charge in [0, 0.05) is 19.8 Å². The summed E-state index contributed by atoms with van der Waals surface area (Å²) in [6.45, 7) is 7.29. The third-order valence-electron chi connectivity index (χ3n) is 2.31. The lowest BCUT2D eigenvalue weighted by molar-refractivity contribution is 0.125. The van der Waals surface area contributed by atoms with Crippen molar-refractivity contribution in [1.29, 1.82) is 0 Å². The van der Waals surface area contributed by atoms with Crippen LogP contribution in [0.2, 0.25) is 0 Å². The molecule has 2 atom stereocenters.